The van der Waals surface area contributed by atoms with Crippen LogP contribution in [0.25, 0.3) is 0 Å². The molecule has 0 aromatic heterocycles. The van der Waals surface area contributed by atoms with Crippen molar-refractivity contribution in [3.8, 4) is 5.75 Å². The summed E-state index contributed by atoms with van der Waals surface area (Å²) in [5.74, 6) is 0.847. The van der Waals surface area contributed by atoms with Crippen molar-refractivity contribution in [1.29, 1.82) is 0 Å². The Balaban J connectivity index is 2.69. The van der Waals surface area contributed by atoms with Gasteiger partial charge in [-0.2, -0.15) is 0 Å². The standard InChI is InChI=1S/C14H22N2O2/c1-9(2)15-14(17)16-12-6-7-13(11(5)8-12)18-10(3)4/h6-10H,1-5H3,(H2,15,16,17). The number of carbonyl (C=O) groups is 1. The largest absolute Gasteiger partial charge is 0.491 e. The van der Waals surface area contributed by atoms with Gasteiger partial charge in [0.1, 0.15) is 5.75 Å². The first-order valence-corrected chi connectivity index (χ1v) is 6.23. The number of hydrogen-bond donors (Lipinski definition) is 2. The zero-order valence-corrected chi connectivity index (χ0v) is 11.7. The highest BCUT2D eigenvalue weighted by Gasteiger charge is 2.06. The van der Waals surface area contributed by atoms with Crippen LogP contribution in [0.4, 0.5) is 10.5 Å². The van der Waals surface area contributed by atoms with Crippen molar-refractivity contribution in [2.24, 2.45) is 0 Å². The molecule has 0 atom stereocenters. The molecule has 0 saturated carbocycles. The fourth-order valence-electron chi connectivity index (χ4n) is 1.54. The van der Waals surface area contributed by atoms with Crippen LogP contribution in [0.3, 0.4) is 0 Å². The van der Waals surface area contributed by atoms with E-state index in [9.17, 15) is 4.79 Å². The summed E-state index contributed by atoms with van der Waals surface area (Å²) in [7, 11) is 0. The van der Waals surface area contributed by atoms with E-state index < -0.39 is 0 Å². The highest BCUT2D eigenvalue weighted by Crippen LogP contribution is 2.22. The first kappa shape index (κ1) is 14.4. The van der Waals surface area contributed by atoms with Gasteiger partial charge in [-0.3, -0.25) is 0 Å². The zero-order chi connectivity index (χ0) is 13.7. The van der Waals surface area contributed by atoms with Gasteiger partial charge < -0.3 is 15.4 Å². The van der Waals surface area contributed by atoms with Crippen LogP contribution in [0.5, 0.6) is 5.75 Å². The molecule has 2 amide bonds. The molecule has 0 aliphatic rings. The second kappa shape index (κ2) is 6.28. The molecule has 0 aliphatic carbocycles. The molecule has 1 aromatic carbocycles. The van der Waals surface area contributed by atoms with Gasteiger partial charge in [0.2, 0.25) is 0 Å². The van der Waals surface area contributed by atoms with Crippen LogP contribution in [0.15, 0.2) is 18.2 Å². The molecule has 0 radical (unpaired) electrons. The van der Waals surface area contributed by atoms with Gasteiger partial charge in [-0.1, -0.05) is 0 Å². The number of ether oxygens (including phenoxy) is 1. The van der Waals surface area contributed by atoms with Crippen molar-refractivity contribution in [2.75, 3.05) is 5.32 Å². The van der Waals surface area contributed by atoms with Gasteiger partial charge in [-0.15, -0.1) is 0 Å². The lowest BCUT2D eigenvalue weighted by molar-refractivity contribution is 0.240. The third-order valence-corrected chi connectivity index (χ3v) is 2.22. The number of amides is 2. The Morgan fingerprint density at radius 1 is 1.22 bits per heavy atom. The van der Waals surface area contributed by atoms with Crippen molar-refractivity contribution >= 4 is 11.7 Å². The Hall–Kier alpha value is -1.71. The van der Waals surface area contributed by atoms with Gasteiger partial charge in [0, 0.05) is 11.7 Å². The molecular formula is C14H22N2O2. The lowest BCUT2D eigenvalue weighted by Gasteiger charge is -2.14. The summed E-state index contributed by atoms with van der Waals surface area (Å²) in [6, 6.07) is 5.54. The first-order chi connectivity index (χ1) is 8.38. The Morgan fingerprint density at radius 2 is 1.89 bits per heavy atom. The van der Waals surface area contributed by atoms with E-state index in [-0.39, 0.29) is 18.2 Å². The van der Waals surface area contributed by atoms with Crippen LogP contribution in [-0.4, -0.2) is 18.2 Å². The Bertz CT molecular complexity index is 414. The van der Waals surface area contributed by atoms with Gasteiger partial charge >= 0.3 is 6.03 Å². The molecular weight excluding hydrogens is 228 g/mol. The molecule has 0 aliphatic heterocycles. The fourth-order valence-corrected chi connectivity index (χ4v) is 1.54. The van der Waals surface area contributed by atoms with Crippen LogP contribution >= 0.6 is 0 Å². The quantitative estimate of drug-likeness (QED) is 0.861. The maximum Gasteiger partial charge on any atom is 0.319 e. The molecule has 4 nitrogen and oxygen atoms in total. The molecule has 1 rings (SSSR count). The number of benzene rings is 1. The van der Waals surface area contributed by atoms with E-state index in [1.807, 2.05) is 52.8 Å². The van der Waals surface area contributed by atoms with E-state index in [0.717, 1.165) is 17.0 Å². The summed E-state index contributed by atoms with van der Waals surface area (Å²) in [4.78, 5) is 11.5. The molecule has 0 saturated heterocycles. The highest BCUT2D eigenvalue weighted by molar-refractivity contribution is 5.89. The average Bonchev–Trinajstić information content (AvgIpc) is 2.20. The highest BCUT2D eigenvalue weighted by atomic mass is 16.5. The van der Waals surface area contributed by atoms with E-state index >= 15 is 0 Å². The van der Waals surface area contributed by atoms with Crippen molar-refractivity contribution in [1.82, 2.24) is 5.32 Å². The fraction of sp³-hybridized carbons (Fsp3) is 0.500. The van der Waals surface area contributed by atoms with E-state index in [1.54, 1.807) is 0 Å². The minimum absolute atomic E-state index is 0.120. The topological polar surface area (TPSA) is 50.4 Å². The molecule has 0 bridgehead atoms. The van der Waals surface area contributed by atoms with Gasteiger partial charge in [0.25, 0.3) is 0 Å². The molecule has 0 fully saturated rings. The molecule has 1 aromatic rings. The molecule has 0 spiro atoms. The van der Waals surface area contributed by atoms with E-state index in [0.29, 0.717) is 0 Å². The van der Waals surface area contributed by atoms with E-state index in [1.165, 1.54) is 0 Å². The summed E-state index contributed by atoms with van der Waals surface area (Å²) in [5.41, 5.74) is 1.77. The summed E-state index contributed by atoms with van der Waals surface area (Å²) in [5, 5.41) is 5.57. The lowest BCUT2D eigenvalue weighted by Crippen LogP contribution is -2.34. The zero-order valence-electron chi connectivity index (χ0n) is 11.7. The SMILES string of the molecule is Cc1cc(NC(=O)NC(C)C)ccc1OC(C)C. The Morgan fingerprint density at radius 3 is 2.39 bits per heavy atom. The average molecular weight is 250 g/mol. The molecule has 0 heterocycles. The molecule has 18 heavy (non-hydrogen) atoms. The number of rotatable bonds is 4. The van der Waals surface area contributed by atoms with Crippen LogP contribution in [-0.2, 0) is 0 Å². The van der Waals surface area contributed by atoms with Gasteiger partial charge in [-0.25, -0.2) is 4.79 Å². The van der Waals surface area contributed by atoms with E-state index in [2.05, 4.69) is 10.6 Å². The monoisotopic (exact) mass is 250 g/mol. The molecule has 0 unspecified atom stereocenters. The van der Waals surface area contributed by atoms with Crippen molar-refractivity contribution in [3.63, 3.8) is 0 Å². The van der Waals surface area contributed by atoms with Crippen LogP contribution < -0.4 is 15.4 Å². The van der Waals surface area contributed by atoms with Crippen LogP contribution in [0, 0.1) is 6.92 Å². The summed E-state index contributed by atoms with van der Waals surface area (Å²) in [6.07, 6.45) is 0.145. The molecule has 2 N–H and O–H groups in total. The number of aryl methyl sites for hydroxylation is 1. The van der Waals surface area contributed by atoms with Gasteiger partial charge in [-0.05, 0) is 58.4 Å². The van der Waals surface area contributed by atoms with Crippen LogP contribution in [0.2, 0.25) is 0 Å². The summed E-state index contributed by atoms with van der Waals surface area (Å²) >= 11 is 0. The number of anilines is 1. The van der Waals surface area contributed by atoms with Crippen molar-refractivity contribution in [3.05, 3.63) is 23.8 Å². The number of hydrogen-bond acceptors (Lipinski definition) is 2. The number of carbonyl (C=O) groups excluding carboxylic acids is 1. The van der Waals surface area contributed by atoms with Crippen molar-refractivity contribution < 1.29 is 9.53 Å². The second-order valence-electron chi connectivity index (χ2n) is 4.90. The third kappa shape index (κ3) is 4.65. The predicted octanol–water partition coefficient (Wildman–Crippen LogP) is 3.31. The van der Waals surface area contributed by atoms with Crippen LogP contribution in [0.1, 0.15) is 33.3 Å². The summed E-state index contributed by atoms with van der Waals surface area (Å²) < 4.78 is 5.64. The smallest absolute Gasteiger partial charge is 0.319 e. The Labute approximate surface area is 109 Å². The lowest BCUT2D eigenvalue weighted by atomic mass is 10.2. The maximum absolute atomic E-state index is 11.5. The maximum atomic E-state index is 11.5. The second-order valence-corrected chi connectivity index (χ2v) is 4.90. The number of urea groups is 1. The van der Waals surface area contributed by atoms with E-state index in [4.69, 9.17) is 4.74 Å². The normalized spacial score (nSPS) is 10.6. The van der Waals surface area contributed by atoms with Crippen molar-refractivity contribution in [2.45, 2.75) is 46.8 Å². The summed E-state index contributed by atoms with van der Waals surface area (Å²) in [6.45, 7) is 9.78. The molecule has 4 heteroatoms. The first-order valence-electron chi connectivity index (χ1n) is 6.23. The van der Waals surface area contributed by atoms with Gasteiger partial charge in [0.05, 0.1) is 6.10 Å². The third-order valence-electron chi connectivity index (χ3n) is 2.22. The predicted molar refractivity (Wildman–Crippen MR) is 74.2 cm³/mol. The number of nitrogens with one attached hydrogen (secondary N) is 2. The minimum atomic E-state index is -0.193. The van der Waals surface area contributed by atoms with Gasteiger partial charge in [0.15, 0.2) is 0 Å². The minimum Gasteiger partial charge on any atom is -0.491 e. The molecule has 100 valence electrons. The Kier molecular flexibility index (Phi) is 5.01.